The maximum absolute atomic E-state index is 13.6. The van der Waals surface area contributed by atoms with Gasteiger partial charge in [-0.05, 0) is 25.1 Å². The van der Waals surface area contributed by atoms with Crippen LogP contribution in [0.3, 0.4) is 0 Å². The molecule has 1 aromatic heterocycles. The van der Waals surface area contributed by atoms with E-state index in [4.69, 9.17) is 27.9 Å². The summed E-state index contributed by atoms with van der Waals surface area (Å²) in [5.74, 6) is -0.428. The van der Waals surface area contributed by atoms with Crippen molar-refractivity contribution in [2.75, 3.05) is 0 Å². The number of aromatic nitrogens is 2. The van der Waals surface area contributed by atoms with Crippen LogP contribution in [0, 0.1) is 12.7 Å². The Hall–Kier alpha value is -1.39. The van der Waals surface area contributed by atoms with Crippen LogP contribution in [0.15, 0.2) is 24.3 Å². The maximum atomic E-state index is 13.6. The molecule has 94 valence electrons. The predicted octanol–water partition coefficient (Wildman–Crippen LogP) is 4.11. The fourth-order valence-corrected chi connectivity index (χ4v) is 1.68. The van der Waals surface area contributed by atoms with Crippen molar-refractivity contribution in [3.63, 3.8) is 0 Å². The number of hydrogen-bond acceptors (Lipinski definition) is 3. The van der Waals surface area contributed by atoms with Gasteiger partial charge in [-0.1, -0.05) is 17.7 Å². The first-order chi connectivity index (χ1) is 8.60. The molecule has 6 heteroatoms. The van der Waals surface area contributed by atoms with Crippen LogP contribution in [0.4, 0.5) is 4.39 Å². The lowest BCUT2D eigenvalue weighted by Crippen LogP contribution is -1.98. The van der Waals surface area contributed by atoms with E-state index in [1.54, 1.807) is 19.1 Å². The molecule has 0 aliphatic heterocycles. The van der Waals surface area contributed by atoms with Crippen LogP contribution in [0.25, 0.3) is 0 Å². The molecule has 0 fully saturated rings. The third-order valence-electron chi connectivity index (χ3n) is 2.14. The monoisotopic (exact) mass is 286 g/mol. The van der Waals surface area contributed by atoms with Crippen molar-refractivity contribution >= 4 is 23.2 Å². The second kappa shape index (κ2) is 5.50. The molecule has 0 saturated heterocycles. The molecular formula is C12H9Cl2FN2O. The van der Waals surface area contributed by atoms with Crippen LogP contribution in [-0.4, -0.2) is 9.97 Å². The van der Waals surface area contributed by atoms with Crippen molar-refractivity contribution in [2.24, 2.45) is 0 Å². The van der Waals surface area contributed by atoms with Crippen LogP contribution >= 0.6 is 23.2 Å². The standard InChI is InChI=1S/C12H9Cl2FN2O/c1-7-5-8(6-13)17-12(16-7)18-10-4-2-3-9(14)11(10)15/h2-5H,6H2,1H3. The first-order valence-electron chi connectivity index (χ1n) is 5.12. The van der Waals surface area contributed by atoms with Gasteiger partial charge in [-0.3, -0.25) is 0 Å². The number of hydrogen-bond donors (Lipinski definition) is 0. The first kappa shape index (κ1) is 13.1. The zero-order valence-electron chi connectivity index (χ0n) is 9.45. The molecule has 2 rings (SSSR count). The van der Waals surface area contributed by atoms with E-state index in [0.717, 1.165) is 0 Å². The Bertz CT molecular complexity index is 578. The number of benzene rings is 1. The molecule has 0 radical (unpaired) electrons. The molecule has 3 nitrogen and oxygen atoms in total. The van der Waals surface area contributed by atoms with Crippen LogP contribution in [0.5, 0.6) is 11.8 Å². The second-order valence-corrected chi connectivity index (χ2v) is 4.25. The highest BCUT2D eigenvalue weighted by Gasteiger charge is 2.10. The molecule has 0 aliphatic carbocycles. The van der Waals surface area contributed by atoms with E-state index in [-0.39, 0.29) is 22.7 Å². The Morgan fingerprint density at radius 3 is 2.83 bits per heavy atom. The summed E-state index contributed by atoms with van der Waals surface area (Å²) in [4.78, 5) is 8.09. The number of alkyl halides is 1. The summed E-state index contributed by atoms with van der Waals surface area (Å²) in [6, 6.07) is 6.25. The van der Waals surface area contributed by atoms with Gasteiger partial charge in [0.2, 0.25) is 0 Å². The third-order valence-corrected chi connectivity index (χ3v) is 2.71. The molecule has 0 atom stereocenters. The summed E-state index contributed by atoms with van der Waals surface area (Å²) in [5.41, 5.74) is 1.31. The average molecular weight is 287 g/mol. The minimum atomic E-state index is -0.642. The van der Waals surface area contributed by atoms with Crippen molar-refractivity contribution in [3.05, 3.63) is 46.5 Å². The maximum Gasteiger partial charge on any atom is 0.322 e. The molecule has 1 heterocycles. The lowest BCUT2D eigenvalue weighted by molar-refractivity contribution is 0.409. The molecule has 0 amide bonds. The van der Waals surface area contributed by atoms with Crippen LogP contribution in [0.2, 0.25) is 5.02 Å². The minimum absolute atomic E-state index is 0.0160. The van der Waals surface area contributed by atoms with Crippen LogP contribution < -0.4 is 4.74 Å². The lowest BCUT2D eigenvalue weighted by atomic mass is 10.3. The van der Waals surface area contributed by atoms with Gasteiger partial charge in [0, 0.05) is 5.69 Å². The minimum Gasteiger partial charge on any atom is -0.421 e. The normalized spacial score (nSPS) is 10.4. The van der Waals surface area contributed by atoms with Gasteiger partial charge < -0.3 is 4.74 Å². The molecule has 0 unspecified atom stereocenters. The Morgan fingerprint density at radius 1 is 1.33 bits per heavy atom. The predicted molar refractivity (Wildman–Crippen MR) is 67.8 cm³/mol. The summed E-state index contributed by atoms with van der Waals surface area (Å²) in [7, 11) is 0. The molecule has 2 aromatic rings. The highest BCUT2D eigenvalue weighted by atomic mass is 35.5. The van der Waals surface area contributed by atoms with Gasteiger partial charge in [0.05, 0.1) is 16.6 Å². The number of halogens is 3. The quantitative estimate of drug-likeness (QED) is 0.797. The Kier molecular flexibility index (Phi) is 3.99. The summed E-state index contributed by atoms with van der Waals surface area (Å²) < 4.78 is 18.9. The number of nitrogens with zero attached hydrogens (tertiary/aromatic N) is 2. The highest BCUT2D eigenvalue weighted by Crippen LogP contribution is 2.27. The van der Waals surface area contributed by atoms with E-state index in [2.05, 4.69) is 9.97 Å². The molecule has 0 saturated carbocycles. The van der Waals surface area contributed by atoms with Crippen molar-refractivity contribution in [2.45, 2.75) is 12.8 Å². The van der Waals surface area contributed by atoms with E-state index < -0.39 is 5.82 Å². The molecule has 0 aliphatic rings. The first-order valence-corrected chi connectivity index (χ1v) is 6.04. The molecule has 18 heavy (non-hydrogen) atoms. The van der Waals surface area contributed by atoms with Crippen molar-refractivity contribution in [1.29, 1.82) is 0 Å². The Labute approximate surface area is 114 Å². The lowest BCUT2D eigenvalue weighted by Gasteiger charge is -2.07. The topological polar surface area (TPSA) is 35.0 Å². The fraction of sp³-hybridized carbons (Fsp3) is 0.167. The van der Waals surface area contributed by atoms with Gasteiger partial charge in [-0.2, -0.15) is 4.98 Å². The zero-order valence-corrected chi connectivity index (χ0v) is 11.0. The smallest absolute Gasteiger partial charge is 0.322 e. The van der Waals surface area contributed by atoms with E-state index in [0.29, 0.717) is 11.4 Å². The van der Waals surface area contributed by atoms with Gasteiger partial charge in [-0.15, -0.1) is 11.6 Å². The number of rotatable bonds is 3. The third kappa shape index (κ3) is 2.89. The Morgan fingerprint density at radius 2 is 2.11 bits per heavy atom. The van der Waals surface area contributed by atoms with Crippen LogP contribution in [-0.2, 0) is 5.88 Å². The molecule has 1 aromatic carbocycles. The number of aryl methyl sites for hydroxylation is 1. The zero-order chi connectivity index (χ0) is 13.1. The number of ether oxygens (including phenoxy) is 1. The molecular weight excluding hydrogens is 278 g/mol. The summed E-state index contributed by atoms with van der Waals surface area (Å²) in [6.45, 7) is 1.78. The van der Waals surface area contributed by atoms with Gasteiger partial charge in [0.25, 0.3) is 0 Å². The van der Waals surface area contributed by atoms with E-state index >= 15 is 0 Å². The van der Waals surface area contributed by atoms with Crippen molar-refractivity contribution < 1.29 is 9.13 Å². The van der Waals surface area contributed by atoms with Gasteiger partial charge >= 0.3 is 6.01 Å². The van der Waals surface area contributed by atoms with Crippen molar-refractivity contribution in [3.8, 4) is 11.8 Å². The molecule has 0 spiro atoms. The van der Waals surface area contributed by atoms with Gasteiger partial charge in [-0.25, -0.2) is 9.37 Å². The molecule has 0 N–H and O–H groups in total. The summed E-state index contributed by atoms with van der Waals surface area (Å²) in [5, 5.41) is -0.0160. The fourth-order valence-electron chi connectivity index (χ4n) is 1.38. The largest absolute Gasteiger partial charge is 0.421 e. The average Bonchev–Trinajstić information content (AvgIpc) is 2.34. The van der Waals surface area contributed by atoms with E-state index in [9.17, 15) is 4.39 Å². The van der Waals surface area contributed by atoms with Gasteiger partial charge in [0.15, 0.2) is 11.6 Å². The van der Waals surface area contributed by atoms with Gasteiger partial charge in [0.1, 0.15) is 0 Å². The summed E-state index contributed by atoms with van der Waals surface area (Å²) >= 11 is 11.3. The SMILES string of the molecule is Cc1cc(CCl)nc(Oc2cccc(Cl)c2F)n1. The van der Waals surface area contributed by atoms with E-state index in [1.165, 1.54) is 12.1 Å². The molecule has 0 bridgehead atoms. The summed E-state index contributed by atoms with van der Waals surface area (Å²) in [6.07, 6.45) is 0. The second-order valence-electron chi connectivity index (χ2n) is 3.57. The van der Waals surface area contributed by atoms with Crippen molar-refractivity contribution in [1.82, 2.24) is 9.97 Å². The highest BCUT2D eigenvalue weighted by molar-refractivity contribution is 6.30. The van der Waals surface area contributed by atoms with Crippen LogP contribution in [0.1, 0.15) is 11.4 Å². The Balaban J connectivity index is 2.34. The van der Waals surface area contributed by atoms with E-state index in [1.807, 2.05) is 0 Å².